The molecule has 0 spiro atoms. The first-order valence-corrected chi connectivity index (χ1v) is 8.68. The lowest BCUT2D eigenvalue weighted by atomic mass is 10.2. The zero-order chi connectivity index (χ0) is 18.0. The van der Waals surface area contributed by atoms with E-state index in [1.54, 1.807) is 41.0 Å². The van der Waals surface area contributed by atoms with Gasteiger partial charge in [0.2, 0.25) is 0 Å². The van der Waals surface area contributed by atoms with Gasteiger partial charge in [-0.1, -0.05) is 28.4 Å². The Labute approximate surface area is 155 Å². The van der Waals surface area contributed by atoms with Crippen molar-refractivity contribution in [3.05, 3.63) is 51.3 Å². The van der Waals surface area contributed by atoms with Crippen LogP contribution in [0.3, 0.4) is 0 Å². The molecule has 1 aromatic heterocycles. The number of carbonyl (C=O) groups is 2. The maximum absolute atomic E-state index is 12.7. The van der Waals surface area contributed by atoms with E-state index in [-0.39, 0.29) is 11.8 Å². The summed E-state index contributed by atoms with van der Waals surface area (Å²) < 4.78 is 4.96. The fraction of sp³-hybridized carbons (Fsp3) is 0.353. The SMILES string of the molecule is Cc1cc(C(=O)N2CCCN(C(=O)c3ccc(Cl)c(Cl)c3)CC2)no1. The highest BCUT2D eigenvalue weighted by atomic mass is 35.5. The summed E-state index contributed by atoms with van der Waals surface area (Å²) in [5, 5.41) is 4.53. The highest BCUT2D eigenvalue weighted by Crippen LogP contribution is 2.23. The van der Waals surface area contributed by atoms with Gasteiger partial charge in [0, 0.05) is 37.8 Å². The van der Waals surface area contributed by atoms with Crippen LogP contribution in [0, 0.1) is 6.92 Å². The molecule has 1 aromatic carbocycles. The first-order valence-electron chi connectivity index (χ1n) is 7.92. The van der Waals surface area contributed by atoms with E-state index in [0.717, 1.165) is 0 Å². The molecule has 0 atom stereocenters. The Morgan fingerprint density at radius 1 is 1.00 bits per heavy atom. The van der Waals surface area contributed by atoms with E-state index in [0.29, 0.717) is 59.7 Å². The summed E-state index contributed by atoms with van der Waals surface area (Å²) in [6.45, 7) is 3.76. The topological polar surface area (TPSA) is 66.7 Å². The number of aromatic nitrogens is 1. The van der Waals surface area contributed by atoms with Gasteiger partial charge in [-0.2, -0.15) is 0 Å². The minimum absolute atomic E-state index is 0.120. The standard InChI is InChI=1S/C17H17Cl2N3O3/c1-11-9-15(20-25-11)17(24)22-6-2-5-21(7-8-22)16(23)12-3-4-13(18)14(19)10-12/h3-4,9-10H,2,5-8H2,1H3. The highest BCUT2D eigenvalue weighted by Gasteiger charge is 2.25. The van der Waals surface area contributed by atoms with Crippen molar-refractivity contribution in [2.45, 2.75) is 13.3 Å². The molecule has 0 aliphatic carbocycles. The van der Waals surface area contributed by atoms with Gasteiger partial charge in [0.05, 0.1) is 10.0 Å². The van der Waals surface area contributed by atoms with Crippen molar-refractivity contribution in [1.82, 2.24) is 15.0 Å². The van der Waals surface area contributed by atoms with E-state index in [2.05, 4.69) is 5.16 Å². The van der Waals surface area contributed by atoms with Crippen molar-refractivity contribution in [2.24, 2.45) is 0 Å². The van der Waals surface area contributed by atoms with Gasteiger partial charge in [0.15, 0.2) is 5.69 Å². The van der Waals surface area contributed by atoms with Gasteiger partial charge < -0.3 is 14.3 Å². The predicted molar refractivity (Wildman–Crippen MR) is 94.1 cm³/mol. The van der Waals surface area contributed by atoms with Crippen molar-refractivity contribution in [3.63, 3.8) is 0 Å². The number of aryl methyl sites for hydroxylation is 1. The summed E-state index contributed by atoms with van der Waals surface area (Å²) in [7, 11) is 0. The number of nitrogens with zero attached hydrogens (tertiary/aromatic N) is 3. The van der Waals surface area contributed by atoms with Crippen LogP contribution in [0.1, 0.15) is 33.0 Å². The van der Waals surface area contributed by atoms with Crippen LogP contribution in [0.15, 0.2) is 28.8 Å². The van der Waals surface area contributed by atoms with E-state index in [4.69, 9.17) is 27.7 Å². The Balaban J connectivity index is 1.67. The Hall–Kier alpha value is -2.05. The molecule has 1 saturated heterocycles. The zero-order valence-corrected chi connectivity index (χ0v) is 15.2. The van der Waals surface area contributed by atoms with Crippen molar-refractivity contribution in [1.29, 1.82) is 0 Å². The molecule has 1 aliphatic rings. The van der Waals surface area contributed by atoms with Crippen molar-refractivity contribution in [2.75, 3.05) is 26.2 Å². The molecule has 2 aromatic rings. The largest absolute Gasteiger partial charge is 0.361 e. The fourth-order valence-corrected chi connectivity index (χ4v) is 3.06. The normalized spacial score (nSPS) is 15.2. The lowest BCUT2D eigenvalue weighted by molar-refractivity contribution is 0.0713. The molecular weight excluding hydrogens is 365 g/mol. The predicted octanol–water partition coefficient (Wildman–Crippen LogP) is 3.28. The van der Waals surface area contributed by atoms with Gasteiger partial charge in [0.1, 0.15) is 5.76 Å². The number of carbonyl (C=O) groups excluding carboxylic acids is 2. The summed E-state index contributed by atoms with van der Waals surface area (Å²) in [6.07, 6.45) is 0.690. The number of amides is 2. The third kappa shape index (κ3) is 3.96. The maximum Gasteiger partial charge on any atom is 0.276 e. The van der Waals surface area contributed by atoms with E-state index in [1.807, 2.05) is 0 Å². The average molecular weight is 382 g/mol. The van der Waals surface area contributed by atoms with Gasteiger partial charge in [-0.25, -0.2) is 0 Å². The lowest BCUT2D eigenvalue weighted by Gasteiger charge is -2.21. The molecule has 0 saturated carbocycles. The number of hydrogen-bond donors (Lipinski definition) is 0. The number of halogens is 2. The number of benzene rings is 1. The number of rotatable bonds is 2. The molecule has 2 heterocycles. The smallest absolute Gasteiger partial charge is 0.276 e. The molecule has 6 nitrogen and oxygen atoms in total. The molecular formula is C17H17Cl2N3O3. The first-order chi connectivity index (χ1) is 12.0. The van der Waals surface area contributed by atoms with E-state index < -0.39 is 0 Å². The van der Waals surface area contributed by atoms with Crippen LogP contribution in [-0.4, -0.2) is 52.9 Å². The summed E-state index contributed by atoms with van der Waals surface area (Å²) >= 11 is 11.9. The average Bonchev–Trinajstić information content (AvgIpc) is 2.89. The molecule has 1 aliphatic heterocycles. The second kappa shape index (κ2) is 7.45. The van der Waals surface area contributed by atoms with Gasteiger partial charge in [0.25, 0.3) is 11.8 Å². The second-order valence-corrected chi connectivity index (χ2v) is 6.70. The summed E-state index contributed by atoms with van der Waals surface area (Å²) in [5.74, 6) is 0.292. The molecule has 1 fully saturated rings. The molecule has 0 bridgehead atoms. The van der Waals surface area contributed by atoms with E-state index in [9.17, 15) is 9.59 Å². The Kier molecular flexibility index (Phi) is 5.30. The molecule has 132 valence electrons. The van der Waals surface area contributed by atoms with Crippen LogP contribution in [0.2, 0.25) is 10.0 Å². The first kappa shape index (κ1) is 17.8. The van der Waals surface area contributed by atoms with Crippen LogP contribution >= 0.6 is 23.2 Å². The Bertz CT molecular complexity index is 806. The highest BCUT2D eigenvalue weighted by molar-refractivity contribution is 6.42. The summed E-state index contributed by atoms with van der Waals surface area (Å²) in [6, 6.07) is 6.45. The van der Waals surface area contributed by atoms with E-state index >= 15 is 0 Å². The van der Waals surface area contributed by atoms with Crippen LogP contribution < -0.4 is 0 Å². The monoisotopic (exact) mass is 381 g/mol. The van der Waals surface area contributed by atoms with Gasteiger partial charge in [-0.05, 0) is 31.5 Å². The molecule has 0 unspecified atom stereocenters. The summed E-state index contributed by atoms with van der Waals surface area (Å²) in [5.41, 5.74) is 0.781. The molecule has 8 heteroatoms. The molecule has 0 radical (unpaired) electrons. The van der Waals surface area contributed by atoms with Crippen LogP contribution in [0.25, 0.3) is 0 Å². The third-order valence-corrected chi connectivity index (χ3v) is 4.82. The molecule has 2 amide bonds. The van der Waals surface area contributed by atoms with E-state index in [1.165, 1.54) is 0 Å². The summed E-state index contributed by atoms with van der Waals surface area (Å²) in [4.78, 5) is 28.5. The fourth-order valence-electron chi connectivity index (χ4n) is 2.76. The lowest BCUT2D eigenvalue weighted by Crippen LogP contribution is -2.37. The molecule has 0 N–H and O–H groups in total. The third-order valence-electron chi connectivity index (χ3n) is 4.08. The Morgan fingerprint density at radius 2 is 1.68 bits per heavy atom. The number of hydrogen-bond acceptors (Lipinski definition) is 4. The zero-order valence-electron chi connectivity index (χ0n) is 13.7. The minimum Gasteiger partial charge on any atom is -0.361 e. The van der Waals surface area contributed by atoms with Crippen LogP contribution in [0.5, 0.6) is 0 Å². The van der Waals surface area contributed by atoms with Gasteiger partial charge >= 0.3 is 0 Å². The van der Waals surface area contributed by atoms with Crippen LogP contribution in [0.4, 0.5) is 0 Å². The van der Waals surface area contributed by atoms with Crippen molar-refractivity contribution in [3.8, 4) is 0 Å². The second-order valence-electron chi connectivity index (χ2n) is 5.89. The Morgan fingerprint density at radius 3 is 2.28 bits per heavy atom. The van der Waals surface area contributed by atoms with Crippen molar-refractivity contribution < 1.29 is 14.1 Å². The minimum atomic E-state index is -0.180. The van der Waals surface area contributed by atoms with Gasteiger partial charge in [-0.3, -0.25) is 9.59 Å². The van der Waals surface area contributed by atoms with Crippen molar-refractivity contribution >= 4 is 35.0 Å². The molecule has 3 rings (SSSR count). The maximum atomic E-state index is 12.7. The quantitative estimate of drug-likeness (QED) is 0.800. The van der Waals surface area contributed by atoms with Gasteiger partial charge in [-0.15, -0.1) is 0 Å². The van der Waals surface area contributed by atoms with Crippen LogP contribution in [-0.2, 0) is 0 Å². The molecule has 25 heavy (non-hydrogen) atoms.